The van der Waals surface area contributed by atoms with Gasteiger partial charge in [-0.1, -0.05) is 59.4 Å². The molecule has 0 spiro atoms. The summed E-state index contributed by atoms with van der Waals surface area (Å²) >= 11 is 2.16. The Morgan fingerprint density at radius 2 is 2.21 bits per heavy atom. The van der Waals surface area contributed by atoms with E-state index in [-0.39, 0.29) is 12.3 Å². The highest BCUT2D eigenvalue weighted by Crippen LogP contribution is 2.05. The lowest BCUT2D eigenvalue weighted by atomic mass is 10.1. The molecular formula is C11H15IO2. The average Bonchev–Trinajstić information content (AvgIpc) is 2.02. The molecule has 0 aromatic rings. The molecule has 0 saturated heterocycles. The Hall–Kier alpha value is -0.580. The van der Waals surface area contributed by atoms with Crippen LogP contribution in [0.1, 0.15) is 20.3 Å². The smallest absolute Gasteiger partial charge is 0.303 e. The first-order valence-corrected chi connectivity index (χ1v) is 5.64. The maximum atomic E-state index is 10.3. The van der Waals surface area contributed by atoms with Gasteiger partial charge >= 0.3 is 5.97 Å². The normalized spacial score (nSPS) is 15.2. The van der Waals surface area contributed by atoms with Gasteiger partial charge in [-0.25, -0.2) is 0 Å². The SMILES string of the molecule is CC(/C=C/I)=C\C=C\C(C)CC(=O)O. The number of aliphatic carboxylic acids is 1. The van der Waals surface area contributed by atoms with Crippen LogP contribution in [0.3, 0.4) is 0 Å². The van der Waals surface area contributed by atoms with Gasteiger partial charge in [0.15, 0.2) is 0 Å². The molecule has 3 heteroatoms. The molecule has 1 atom stereocenters. The predicted molar refractivity (Wildman–Crippen MR) is 67.5 cm³/mol. The number of halogens is 1. The van der Waals surface area contributed by atoms with Gasteiger partial charge in [-0.2, -0.15) is 0 Å². The van der Waals surface area contributed by atoms with Crippen molar-refractivity contribution >= 4 is 28.6 Å². The van der Waals surface area contributed by atoms with Crippen LogP contribution in [-0.4, -0.2) is 11.1 Å². The van der Waals surface area contributed by atoms with Gasteiger partial charge in [0.1, 0.15) is 0 Å². The monoisotopic (exact) mass is 306 g/mol. The molecule has 0 radical (unpaired) electrons. The van der Waals surface area contributed by atoms with Gasteiger partial charge < -0.3 is 5.11 Å². The third-order valence-corrected chi connectivity index (χ3v) is 1.98. The van der Waals surface area contributed by atoms with Gasteiger partial charge in [-0.05, 0) is 16.9 Å². The van der Waals surface area contributed by atoms with Crippen LogP contribution in [-0.2, 0) is 4.79 Å². The highest BCUT2D eigenvalue weighted by molar-refractivity contribution is 14.1. The summed E-state index contributed by atoms with van der Waals surface area (Å²) in [6.07, 6.45) is 7.95. The Morgan fingerprint density at radius 1 is 1.57 bits per heavy atom. The number of carboxylic acids is 1. The number of hydrogen-bond acceptors (Lipinski definition) is 1. The zero-order valence-corrected chi connectivity index (χ0v) is 10.6. The predicted octanol–water partition coefficient (Wildman–Crippen LogP) is 3.55. The second-order valence-electron chi connectivity index (χ2n) is 3.16. The zero-order valence-electron chi connectivity index (χ0n) is 8.40. The van der Waals surface area contributed by atoms with Gasteiger partial charge in [-0.15, -0.1) is 0 Å². The molecule has 0 aliphatic heterocycles. The number of allylic oxidation sites excluding steroid dienone is 5. The maximum Gasteiger partial charge on any atom is 0.303 e. The van der Waals surface area contributed by atoms with E-state index in [2.05, 4.69) is 22.6 Å². The number of carboxylic acid groups (broad SMARTS) is 1. The second kappa shape index (κ2) is 7.79. The fourth-order valence-electron chi connectivity index (χ4n) is 0.895. The molecule has 0 heterocycles. The molecule has 78 valence electrons. The minimum absolute atomic E-state index is 0.0835. The van der Waals surface area contributed by atoms with E-state index in [0.717, 1.165) is 5.57 Å². The van der Waals surface area contributed by atoms with Crippen LogP contribution in [0.25, 0.3) is 0 Å². The van der Waals surface area contributed by atoms with Crippen molar-refractivity contribution in [1.82, 2.24) is 0 Å². The summed E-state index contributed by atoms with van der Waals surface area (Å²) < 4.78 is 1.94. The standard InChI is InChI=1S/C11H15IO2/c1-9(6-7-12)4-3-5-10(2)8-11(13)14/h3-7,10H,8H2,1-2H3,(H,13,14)/b5-3+,7-6+,9-4+. The van der Waals surface area contributed by atoms with Crippen molar-refractivity contribution in [2.45, 2.75) is 20.3 Å². The van der Waals surface area contributed by atoms with E-state index >= 15 is 0 Å². The zero-order chi connectivity index (χ0) is 11.0. The van der Waals surface area contributed by atoms with Gasteiger partial charge in [0, 0.05) is 0 Å². The van der Waals surface area contributed by atoms with Crippen LogP contribution in [0.4, 0.5) is 0 Å². The number of carbonyl (C=O) groups is 1. The first-order chi connectivity index (χ1) is 6.56. The van der Waals surface area contributed by atoms with Crippen molar-refractivity contribution in [3.63, 3.8) is 0 Å². The first kappa shape index (κ1) is 13.4. The van der Waals surface area contributed by atoms with E-state index in [0.29, 0.717) is 0 Å². The summed E-state index contributed by atoms with van der Waals surface area (Å²) in [5, 5.41) is 8.52. The Labute approximate surface area is 98.5 Å². The van der Waals surface area contributed by atoms with Crippen molar-refractivity contribution in [2.24, 2.45) is 5.92 Å². The van der Waals surface area contributed by atoms with Crippen LogP contribution in [0.15, 0.2) is 34.0 Å². The Morgan fingerprint density at radius 3 is 2.71 bits per heavy atom. The summed E-state index contributed by atoms with van der Waals surface area (Å²) in [7, 11) is 0. The number of hydrogen-bond donors (Lipinski definition) is 1. The summed E-state index contributed by atoms with van der Waals surface area (Å²) in [6.45, 7) is 3.89. The quantitative estimate of drug-likeness (QED) is 0.623. The largest absolute Gasteiger partial charge is 0.481 e. The molecule has 0 fully saturated rings. The van der Waals surface area contributed by atoms with E-state index in [1.165, 1.54) is 0 Å². The average molecular weight is 306 g/mol. The summed E-state index contributed by atoms with van der Waals surface area (Å²) in [5.41, 5.74) is 1.15. The van der Waals surface area contributed by atoms with Crippen LogP contribution >= 0.6 is 22.6 Å². The molecule has 0 aromatic heterocycles. The molecule has 0 amide bonds. The fourth-order valence-corrected chi connectivity index (χ4v) is 1.46. The third kappa shape index (κ3) is 8.04. The lowest BCUT2D eigenvalue weighted by Gasteiger charge is -1.99. The van der Waals surface area contributed by atoms with Crippen LogP contribution in [0.2, 0.25) is 0 Å². The highest BCUT2D eigenvalue weighted by Gasteiger charge is 2.01. The van der Waals surface area contributed by atoms with Crippen molar-refractivity contribution in [3.8, 4) is 0 Å². The molecule has 0 rings (SSSR count). The van der Waals surface area contributed by atoms with Crippen LogP contribution < -0.4 is 0 Å². The highest BCUT2D eigenvalue weighted by atomic mass is 127. The molecule has 0 aliphatic rings. The van der Waals surface area contributed by atoms with E-state index in [9.17, 15) is 4.79 Å². The lowest BCUT2D eigenvalue weighted by molar-refractivity contribution is -0.137. The third-order valence-electron chi connectivity index (χ3n) is 1.62. The number of rotatable bonds is 5. The molecule has 1 unspecified atom stereocenters. The molecule has 2 nitrogen and oxygen atoms in total. The fraction of sp³-hybridized carbons (Fsp3) is 0.364. The maximum absolute atomic E-state index is 10.3. The second-order valence-corrected chi connectivity index (χ2v) is 3.88. The lowest BCUT2D eigenvalue weighted by Crippen LogP contribution is -2.00. The molecular weight excluding hydrogens is 291 g/mol. The van der Waals surface area contributed by atoms with E-state index in [1.807, 2.05) is 42.2 Å². The summed E-state index contributed by atoms with van der Waals surface area (Å²) in [4.78, 5) is 10.3. The van der Waals surface area contributed by atoms with Crippen molar-refractivity contribution in [2.75, 3.05) is 0 Å². The Balaban J connectivity index is 4.04. The minimum atomic E-state index is -0.755. The summed E-state index contributed by atoms with van der Waals surface area (Å²) in [5.74, 6) is -0.671. The Bertz CT molecular complexity index is 264. The molecule has 0 aromatic carbocycles. The van der Waals surface area contributed by atoms with Gasteiger partial charge in [-0.3, -0.25) is 4.79 Å². The summed E-state index contributed by atoms with van der Waals surface area (Å²) in [6, 6.07) is 0. The van der Waals surface area contributed by atoms with Gasteiger partial charge in [0.05, 0.1) is 6.42 Å². The van der Waals surface area contributed by atoms with Crippen molar-refractivity contribution < 1.29 is 9.90 Å². The van der Waals surface area contributed by atoms with Crippen molar-refractivity contribution in [3.05, 3.63) is 34.0 Å². The minimum Gasteiger partial charge on any atom is -0.481 e. The first-order valence-electron chi connectivity index (χ1n) is 4.40. The van der Waals surface area contributed by atoms with E-state index < -0.39 is 5.97 Å². The molecule has 0 saturated carbocycles. The van der Waals surface area contributed by atoms with Gasteiger partial charge in [0.2, 0.25) is 0 Å². The molecule has 0 bridgehead atoms. The Kier molecular flexibility index (Phi) is 7.47. The van der Waals surface area contributed by atoms with E-state index in [4.69, 9.17) is 5.11 Å². The van der Waals surface area contributed by atoms with Crippen molar-refractivity contribution in [1.29, 1.82) is 0 Å². The van der Waals surface area contributed by atoms with Crippen LogP contribution in [0, 0.1) is 5.92 Å². The van der Waals surface area contributed by atoms with Crippen LogP contribution in [0.5, 0.6) is 0 Å². The molecule has 1 N–H and O–H groups in total. The molecule has 0 aliphatic carbocycles. The topological polar surface area (TPSA) is 37.3 Å². The van der Waals surface area contributed by atoms with Gasteiger partial charge in [0.25, 0.3) is 0 Å². The molecule has 14 heavy (non-hydrogen) atoms. The van der Waals surface area contributed by atoms with E-state index in [1.54, 1.807) is 0 Å².